The maximum Gasteiger partial charge on any atom is 0.397 e. The fourth-order valence-corrected chi connectivity index (χ4v) is 4.19. The van der Waals surface area contributed by atoms with Gasteiger partial charge in [0.1, 0.15) is 0 Å². The van der Waals surface area contributed by atoms with Gasteiger partial charge in [0.25, 0.3) is 0 Å². The Balaban J connectivity index is 0. The fourth-order valence-electron chi connectivity index (χ4n) is 3.86. The maximum absolute atomic E-state index is 10.5. The first-order valence-corrected chi connectivity index (χ1v) is 13.6. The van der Waals surface area contributed by atoms with Crippen LogP contribution in [0.15, 0.2) is 0 Å². The predicted molar refractivity (Wildman–Crippen MR) is 124 cm³/mol. The van der Waals surface area contributed by atoms with Crippen LogP contribution in [0.4, 0.5) is 0 Å². The average Bonchev–Trinajstić information content (AvgIpc) is 2.64. The second-order valence-electron chi connectivity index (χ2n) is 9.29. The minimum atomic E-state index is -4.29. The van der Waals surface area contributed by atoms with Crippen molar-refractivity contribution in [2.45, 2.75) is 116 Å². The average molecular weight is 517 g/mol. The van der Waals surface area contributed by atoms with Gasteiger partial charge in [-0.1, -0.05) is 96.8 Å². The van der Waals surface area contributed by atoms with Crippen LogP contribution in [0.25, 0.3) is 0 Å². The van der Waals surface area contributed by atoms with Crippen molar-refractivity contribution < 1.29 is 38.6 Å². The first-order valence-electron chi connectivity index (χ1n) is 12.2. The third-order valence-corrected chi connectivity index (χ3v) is 6.22. The van der Waals surface area contributed by atoms with E-state index >= 15 is 0 Å². The number of quaternary nitrogens is 1. The quantitative estimate of drug-likeness (QED) is 0.136. The molecule has 7 heteroatoms. The van der Waals surface area contributed by atoms with E-state index in [-0.39, 0.29) is 23.6 Å². The Bertz CT molecular complexity index is 458. The van der Waals surface area contributed by atoms with Gasteiger partial charge in [-0.2, -0.15) is 8.42 Å². The van der Waals surface area contributed by atoms with Crippen LogP contribution in [0.3, 0.4) is 0 Å². The summed E-state index contributed by atoms with van der Waals surface area (Å²) < 4.78 is 34.8. The van der Waals surface area contributed by atoms with Crippen molar-refractivity contribution in [2.75, 3.05) is 33.8 Å². The molecule has 0 aliphatic carbocycles. The molecule has 0 radical (unpaired) electrons. The van der Waals surface area contributed by atoms with Crippen LogP contribution < -0.4 is 17.0 Å². The summed E-state index contributed by atoms with van der Waals surface area (Å²) in [6.07, 6.45) is 22.7. The molecular weight excluding hydrogens is 466 g/mol. The van der Waals surface area contributed by atoms with E-state index in [0.29, 0.717) is 6.42 Å². The lowest BCUT2D eigenvalue weighted by molar-refractivity contribution is -0.890. The number of unbranched alkanes of at least 4 members (excludes halogenated alkanes) is 15. The van der Waals surface area contributed by atoms with Gasteiger partial charge in [-0.15, -0.1) is 0 Å². The van der Waals surface area contributed by atoms with Crippen molar-refractivity contribution in [1.82, 2.24) is 0 Å². The van der Waals surface area contributed by atoms with Gasteiger partial charge >= 0.3 is 10.4 Å². The van der Waals surface area contributed by atoms with Gasteiger partial charge < -0.3 is 21.5 Å². The molecule has 0 aromatic heterocycles. The molecule has 0 saturated carbocycles. The minimum Gasteiger partial charge on any atom is -1.00 e. The van der Waals surface area contributed by atoms with E-state index in [4.69, 9.17) is 4.55 Å². The predicted octanol–water partition coefficient (Wildman–Crippen LogP) is 3.54. The zero-order valence-electron chi connectivity index (χ0n) is 20.0. The zero-order chi connectivity index (χ0) is 21.8. The summed E-state index contributed by atoms with van der Waals surface area (Å²) in [5.74, 6) is 0. The molecule has 0 rings (SSSR count). The first-order chi connectivity index (χ1) is 13.8. The molecule has 0 fully saturated rings. The molecule has 0 aromatic rings. The van der Waals surface area contributed by atoms with Gasteiger partial charge in [0.05, 0.1) is 33.8 Å². The molecule has 0 saturated heterocycles. The van der Waals surface area contributed by atoms with Crippen LogP contribution >= 0.6 is 0 Å². The molecule has 0 amide bonds. The summed E-state index contributed by atoms with van der Waals surface area (Å²) in [7, 11) is 0.0373. The number of rotatable bonds is 22. The molecule has 0 aliphatic rings. The Morgan fingerprint density at radius 2 is 0.967 bits per heavy atom. The number of hydrogen-bond acceptors (Lipinski definition) is 3. The minimum absolute atomic E-state index is 0. The SMILES string of the molecule is CCCCCCCCCCCCCCCCCC[N+](C)(C)CCCOS(=O)(=O)O.[Br-]. The molecule has 5 nitrogen and oxygen atoms in total. The Morgan fingerprint density at radius 1 is 0.633 bits per heavy atom. The zero-order valence-corrected chi connectivity index (χ0v) is 22.5. The van der Waals surface area contributed by atoms with Crippen LogP contribution in [-0.2, 0) is 14.6 Å². The van der Waals surface area contributed by atoms with Crippen molar-refractivity contribution in [2.24, 2.45) is 0 Å². The monoisotopic (exact) mass is 515 g/mol. The summed E-state index contributed by atoms with van der Waals surface area (Å²) in [4.78, 5) is 0. The summed E-state index contributed by atoms with van der Waals surface area (Å²) in [6.45, 7) is 4.29. The van der Waals surface area contributed by atoms with Gasteiger partial charge in [0.2, 0.25) is 0 Å². The lowest BCUT2D eigenvalue weighted by Crippen LogP contribution is -3.00. The highest BCUT2D eigenvalue weighted by molar-refractivity contribution is 7.80. The Labute approximate surface area is 198 Å². The summed E-state index contributed by atoms with van der Waals surface area (Å²) >= 11 is 0. The second kappa shape index (κ2) is 21.2. The van der Waals surface area contributed by atoms with Crippen LogP contribution in [-0.4, -0.2) is 51.2 Å². The fraction of sp³-hybridized carbons (Fsp3) is 1.00. The highest BCUT2D eigenvalue weighted by Crippen LogP contribution is 2.14. The Hall–Kier alpha value is 0.310. The molecule has 0 atom stereocenters. The van der Waals surface area contributed by atoms with Crippen LogP contribution in [0, 0.1) is 0 Å². The standard InChI is InChI=1S/C23H49NO4S.BrH/c1-4-5-6-7-8-9-10-11-12-13-14-15-16-17-18-19-21-24(2,3)22-20-23-28-29(25,26)27;/h4-23H2,1-3H3;1H. The van der Waals surface area contributed by atoms with E-state index < -0.39 is 10.4 Å². The third-order valence-electron chi connectivity index (χ3n) is 5.76. The van der Waals surface area contributed by atoms with Crippen LogP contribution in [0.2, 0.25) is 0 Å². The molecule has 0 bridgehead atoms. The van der Waals surface area contributed by atoms with Crippen molar-refractivity contribution in [1.29, 1.82) is 0 Å². The van der Waals surface area contributed by atoms with Crippen molar-refractivity contribution >= 4 is 10.4 Å². The van der Waals surface area contributed by atoms with Gasteiger partial charge in [0, 0.05) is 6.42 Å². The third kappa shape index (κ3) is 26.3. The highest BCUT2D eigenvalue weighted by Gasteiger charge is 2.14. The van der Waals surface area contributed by atoms with E-state index in [1.165, 1.54) is 103 Å². The van der Waals surface area contributed by atoms with E-state index in [2.05, 4.69) is 25.2 Å². The summed E-state index contributed by atoms with van der Waals surface area (Å²) in [5, 5.41) is 0. The topological polar surface area (TPSA) is 63.6 Å². The van der Waals surface area contributed by atoms with Gasteiger partial charge in [0.15, 0.2) is 0 Å². The largest absolute Gasteiger partial charge is 1.00 e. The Kier molecular flexibility index (Phi) is 22.9. The normalized spacial score (nSPS) is 12.1. The van der Waals surface area contributed by atoms with Crippen LogP contribution in [0.5, 0.6) is 0 Å². The van der Waals surface area contributed by atoms with Crippen molar-refractivity contribution in [3.63, 3.8) is 0 Å². The molecule has 184 valence electrons. The second-order valence-corrected chi connectivity index (χ2v) is 10.4. The van der Waals surface area contributed by atoms with E-state index in [9.17, 15) is 8.42 Å². The lowest BCUT2D eigenvalue weighted by atomic mass is 10.0. The first kappa shape index (κ1) is 32.5. The number of hydrogen-bond donors (Lipinski definition) is 1. The number of halogens is 1. The van der Waals surface area contributed by atoms with E-state index in [1.807, 2.05) is 0 Å². The summed E-state index contributed by atoms with van der Waals surface area (Å²) in [5.41, 5.74) is 0. The Morgan fingerprint density at radius 3 is 1.33 bits per heavy atom. The molecular formula is C23H50BrNO4S. The summed E-state index contributed by atoms with van der Waals surface area (Å²) in [6, 6.07) is 0. The number of nitrogens with zero attached hydrogens (tertiary/aromatic N) is 1. The van der Waals surface area contributed by atoms with Gasteiger partial charge in [-0.3, -0.25) is 4.55 Å². The van der Waals surface area contributed by atoms with Crippen molar-refractivity contribution in [3.8, 4) is 0 Å². The molecule has 0 heterocycles. The van der Waals surface area contributed by atoms with Gasteiger partial charge in [-0.05, 0) is 12.8 Å². The van der Waals surface area contributed by atoms with Crippen LogP contribution in [0.1, 0.15) is 116 Å². The van der Waals surface area contributed by atoms with E-state index in [1.54, 1.807) is 0 Å². The molecule has 30 heavy (non-hydrogen) atoms. The maximum atomic E-state index is 10.5. The van der Waals surface area contributed by atoms with E-state index in [0.717, 1.165) is 17.6 Å². The molecule has 1 N–H and O–H groups in total. The molecule has 0 aliphatic heterocycles. The smallest absolute Gasteiger partial charge is 0.397 e. The van der Waals surface area contributed by atoms with Crippen molar-refractivity contribution in [3.05, 3.63) is 0 Å². The highest BCUT2D eigenvalue weighted by atomic mass is 79.9. The molecule has 0 aromatic carbocycles. The lowest BCUT2D eigenvalue weighted by Gasteiger charge is -2.29. The molecule has 0 spiro atoms. The molecule has 0 unspecified atom stereocenters. The van der Waals surface area contributed by atoms with Gasteiger partial charge in [-0.25, -0.2) is 4.18 Å².